The molecule has 0 fully saturated rings. The van der Waals surface area contributed by atoms with Crippen LogP contribution in [0.4, 0.5) is 5.69 Å². The summed E-state index contributed by atoms with van der Waals surface area (Å²) in [5, 5.41) is 7.31. The van der Waals surface area contributed by atoms with Gasteiger partial charge in [0.05, 0.1) is 24.0 Å². The number of amides is 1. The number of hydrogen-bond donors (Lipinski definition) is 1. The molecule has 0 atom stereocenters. The molecule has 140 valence electrons. The first-order valence-electron chi connectivity index (χ1n) is 9.10. The molecule has 4 rings (SSSR count). The van der Waals surface area contributed by atoms with Gasteiger partial charge < -0.3 is 9.88 Å². The minimum absolute atomic E-state index is 0.0746. The number of rotatable bonds is 5. The second-order valence-electron chi connectivity index (χ2n) is 6.73. The van der Waals surface area contributed by atoms with Crippen molar-refractivity contribution in [1.29, 1.82) is 0 Å². The Hall–Kier alpha value is -3.67. The van der Waals surface area contributed by atoms with Crippen LogP contribution in [-0.4, -0.2) is 25.2 Å². The smallest absolute Gasteiger partial charge is 0.228 e. The third kappa shape index (κ3) is 3.86. The van der Waals surface area contributed by atoms with Gasteiger partial charge in [-0.25, -0.2) is 9.67 Å². The number of benzene rings is 1. The van der Waals surface area contributed by atoms with Crippen molar-refractivity contribution in [2.45, 2.75) is 20.3 Å². The molecule has 0 spiro atoms. The van der Waals surface area contributed by atoms with E-state index < -0.39 is 0 Å². The summed E-state index contributed by atoms with van der Waals surface area (Å²) in [7, 11) is 0. The molecule has 1 amide bonds. The average molecular weight is 371 g/mol. The molecule has 3 heterocycles. The standard InChI is InChI=1S/C22H21N5O/c1-16-13-17(2)27(25-16)21-10-7-19(15-23-21)24-22(28)14-18-5-8-20(9-6-18)26-11-3-4-12-26/h3-13,15H,14H2,1-2H3,(H,24,28). The molecule has 1 N–H and O–H groups in total. The monoisotopic (exact) mass is 371 g/mol. The quantitative estimate of drug-likeness (QED) is 0.579. The Morgan fingerprint density at radius 3 is 2.39 bits per heavy atom. The second-order valence-corrected chi connectivity index (χ2v) is 6.73. The number of anilines is 1. The number of aromatic nitrogens is 4. The predicted molar refractivity (Wildman–Crippen MR) is 109 cm³/mol. The fourth-order valence-electron chi connectivity index (χ4n) is 3.13. The van der Waals surface area contributed by atoms with E-state index in [1.165, 1.54) is 0 Å². The molecule has 0 aliphatic rings. The molecule has 0 radical (unpaired) electrons. The molecule has 6 heteroatoms. The van der Waals surface area contributed by atoms with E-state index in [4.69, 9.17) is 0 Å². The highest BCUT2D eigenvalue weighted by Crippen LogP contribution is 2.14. The highest BCUT2D eigenvalue weighted by atomic mass is 16.1. The van der Waals surface area contributed by atoms with E-state index in [2.05, 4.69) is 15.4 Å². The lowest BCUT2D eigenvalue weighted by atomic mass is 10.1. The SMILES string of the molecule is Cc1cc(C)n(-c2ccc(NC(=O)Cc3ccc(-n4cccc4)cc3)cn2)n1. The number of nitrogens with zero attached hydrogens (tertiary/aromatic N) is 4. The van der Waals surface area contributed by atoms with E-state index in [1.54, 1.807) is 10.9 Å². The zero-order valence-corrected chi connectivity index (χ0v) is 15.8. The molecule has 0 unspecified atom stereocenters. The fraction of sp³-hybridized carbons (Fsp3) is 0.136. The largest absolute Gasteiger partial charge is 0.324 e. The Balaban J connectivity index is 1.39. The van der Waals surface area contributed by atoms with Gasteiger partial charge in [0.1, 0.15) is 0 Å². The molecule has 0 aliphatic carbocycles. The Kier molecular flexibility index (Phi) is 4.76. The van der Waals surface area contributed by atoms with Gasteiger partial charge in [-0.05, 0) is 61.9 Å². The fourth-order valence-corrected chi connectivity index (χ4v) is 3.13. The van der Waals surface area contributed by atoms with Crippen molar-refractivity contribution in [3.8, 4) is 11.5 Å². The Morgan fingerprint density at radius 2 is 1.79 bits per heavy atom. The van der Waals surface area contributed by atoms with Crippen LogP contribution >= 0.6 is 0 Å². The first-order chi connectivity index (χ1) is 13.6. The van der Waals surface area contributed by atoms with Crippen molar-refractivity contribution in [2.75, 3.05) is 5.32 Å². The summed E-state index contributed by atoms with van der Waals surface area (Å²) < 4.78 is 3.81. The van der Waals surface area contributed by atoms with E-state index in [1.807, 2.05) is 85.4 Å². The summed E-state index contributed by atoms with van der Waals surface area (Å²) in [6, 6.07) is 17.6. The van der Waals surface area contributed by atoms with Gasteiger partial charge in [-0.2, -0.15) is 5.10 Å². The average Bonchev–Trinajstić information content (AvgIpc) is 3.33. The molecule has 4 aromatic rings. The zero-order chi connectivity index (χ0) is 19.5. The van der Waals surface area contributed by atoms with Crippen molar-refractivity contribution < 1.29 is 4.79 Å². The van der Waals surface area contributed by atoms with Gasteiger partial charge in [0.25, 0.3) is 0 Å². The lowest BCUT2D eigenvalue weighted by Gasteiger charge is -2.08. The molecular formula is C22H21N5O. The van der Waals surface area contributed by atoms with Crippen LogP contribution in [0.1, 0.15) is 17.0 Å². The van der Waals surface area contributed by atoms with Crippen LogP contribution in [0.2, 0.25) is 0 Å². The van der Waals surface area contributed by atoms with Crippen LogP contribution in [0.3, 0.4) is 0 Å². The third-order valence-electron chi connectivity index (χ3n) is 4.46. The van der Waals surface area contributed by atoms with E-state index in [0.29, 0.717) is 12.1 Å². The van der Waals surface area contributed by atoms with Gasteiger partial charge in [-0.15, -0.1) is 0 Å². The molecular weight excluding hydrogens is 350 g/mol. The van der Waals surface area contributed by atoms with Crippen molar-refractivity contribution in [3.63, 3.8) is 0 Å². The molecule has 0 bridgehead atoms. The highest BCUT2D eigenvalue weighted by molar-refractivity contribution is 5.92. The minimum atomic E-state index is -0.0746. The van der Waals surface area contributed by atoms with Crippen molar-refractivity contribution in [3.05, 3.63) is 90.1 Å². The van der Waals surface area contributed by atoms with Crippen LogP contribution in [0, 0.1) is 13.8 Å². The maximum Gasteiger partial charge on any atom is 0.228 e. The molecule has 0 saturated carbocycles. The number of carbonyl (C=O) groups is 1. The molecule has 1 aromatic carbocycles. The minimum Gasteiger partial charge on any atom is -0.324 e. The Bertz CT molecular complexity index is 1080. The number of aryl methyl sites for hydroxylation is 2. The van der Waals surface area contributed by atoms with Gasteiger partial charge in [0, 0.05) is 23.8 Å². The summed E-state index contributed by atoms with van der Waals surface area (Å²) in [6.07, 6.45) is 5.94. The predicted octanol–water partition coefficient (Wildman–Crippen LogP) is 3.86. The van der Waals surface area contributed by atoms with Gasteiger partial charge in [-0.1, -0.05) is 12.1 Å². The van der Waals surface area contributed by atoms with Crippen LogP contribution in [-0.2, 0) is 11.2 Å². The highest BCUT2D eigenvalue weighted by Gasteiger charge is 2.08. The van der Waals surface area contributed by atoms with Crippen LogP contribution < -0.4 is 5.32 Å². The van der Waals surface area contributed by atoms with E-state index in [-0.39, 0.29) is 5.91 Å². The topological polar surface area (TPSA) is 64.7 Å². The Morgan fingerprint density at radius 1 is 1.04 bits per heavy atom. The van der Waals surface area contributed by atoms with Crippen LogP contribution in [0.15, 0.2) is 73.2 Å². The van der Waals surface area contributed by atoms with E-state index in [9.17, 15) is 4.79 Å². The van der Waals surface area contributed by atoms with Crippen LogP contribution in [0.25, 0.3) is 11.5 Å². The third-order valence-corrected chi connectivity index (χ3v) is 4.46. The summed E-state index contributed by atoms with van der Waals surface area (Å²) in [4.78, 5) is 16.8. The maximum atomic E-state index is 12.3. The first kappa shape index (κ1) is 17.7. The van der Waals surface area contributed by atoms with E-state index in [0.717, 1.165) is 28.5 Å². The molecule has 0 saturated heterocycles. The van der Waals surface area contributed by atoms with Gasteiger partial charge in [-0.3, -0.25) is 4.79 Å². The summed E-state index contributed by atoms with van der Waals surface area (Å²) in [6.45, 7) is 3.93. The molecule has 0 aliphatic heterocycles. The lowest BCUT2D eigenvalue weighted by Crippen LogP contribution is -2.14. The normalized spacial score (nSPS) is 10.8. The number of carbonyl (C=O) groups excluding carboxylic acids is 1. The molecule has 3 aromatic heterocycles. The number of hydrogen-bond acceptors (Lipinski definition) is 3. The van der Waals surface area contributed by atoms with E-state index >= 15 is 0 Å². The first-order valence-corrected chi connectivity index (χ1v) is 9.10. The maximum absolute atomic E-state index is 12.3. The number of pyridine rings is 1. The van der Waals surface area contributed by atoms with Crippen LogP contribution in [0.5, 0.6) is 0 Å². The lowest BCUT2D eigenvalue weighted by molar-refractivity contribution is -0.115. The summed E-state index contributed by atoms with van der Waals surface area (Å²) in [5.41, 5.74) is 4.66. The second kappa shape index (κ2) is 7.52. The van der Waals surface area contributed by atoms with Crippen molar-refractivity contribution in [1.82, 2.24) is 19.3 Å². The summed E-state index contributed by atoms with van der Waals surface area (Å²) >= 11 is 0. The summed E-state index contributed by atoms with van der Waals surface area (Å²) in [5.74, 6) is 0.651. The number of nitrogens with one attached hydrogen (secondary N) is 1. The van der Waals surface area contributed by atoms with Gasteiger partial charge >= 0.3 is 0 Å². The van der Waals surface area contributed by atoms with Gasteiger partial charge in [0.2, 0.25) is 5.91 Å². The zero-order valence-electron chi connectivity index (χ0n) is 15.8. The Labute approximate surface area is 163 Å². The van der Waals surface area contributed by atoms with Crippen molar-refractivity contribution in [2.24, 2.45) is 0 Å². The molecule has 6 nitrogen and oxygen atoms in total. The molecule has 28 heavy (non-hydrogen) atoms. The van der Waals surface area contributed by atoms with Gasteiger partial charge in [0.15, 0.2) is 5.82 Å². The van der Waals surface area contributed by atoms with Crippen molar-refractivity contribution >= 4 is 11.6 Å².